The summed E-state index contributed by atoms with van der Waals surface area (Å²) < 4.78 is 29.3. The van der Waals surface area contributed by atoms with Gasteiger partial charge in [0.15, 0.2) is 0 Å². The van der Waals surface area contributed by atoms with Gasteiger partial charge in [0.05, 0.1) is 0 Å². The molecule has 0 aliphatic heterocycles. The topological polar surface area (TPSA) is 93.1 Å². The number of benzene rings is 2. The molecule has 2 atom stereocenters. The zero-order chi connectivity index (χ0) is 14.8. The van der Waals surface area contributed by atoms with Crippen LogP contribution >= 0.6 is 16.5 Å². The van der Waals surface area contributed by atoms with Crippen LogP contribution in [0.15, 0.2) is 60.7 Å². The second-order valence-electron chi connectivity index (χ2n) is 3.36. The maximum Gasteiger partial charge on any atom is 0.365 e. The third kappa shape index (κ3) is 10.3. The Morgan fingerprint density at radius 1 is 0.667 bits per heavy atom. The molecule has 0 aliphatic carbocycles. The number of hydrogen-bond donors (Lipinski definition) is 2. The SMILES string of the molecule is O=[PH](O)Oc1ccccc1.O=[PH](O)Oc1ccccc1.[Co]. The molecule has 0 heterocycles. The molecular formula is C12H14CoO6P2. The van der Waals surface area contributed by atoms with Crippen molar-refractivity contribution in [3.05, 3.63) is 60.7 Å². The van der Waals surface area contributed by atoms with Crippen LogP contribution in [0.5, 0.6) is 11.5 Å². The van der Waals surface area contributed by atoms with Gasteiger partial charge in [-0.25, -0.2) is 9.13 Å². The Kier molecular flexibility index (Phi) is 11.0. The van der Waals surface area contributed by atoms with Gasteiger partial charge in [-0.15, -0.1) is 0 Å². The predicted molar refractivity (Wildman–Crippen MR) is 76.6 cm³/mol. The fourth-order valence-electron chi connectivity index (χ4n) is 1.18. The van der Waals surface area contributed by atoms with E-state index in [1.807, 2.05) is 0 Å². The van der Waals surface area contributed by atoms with Gasteiger partial charge in [-0.2, -0.15) is 0 Å². The van der Waals surface area contributed by atoms with Crippen molar-refractivity contribution in [2.75, 3.05) is 0 Å². The first-order chi connectivity index (χ1) is 9.58. The molecule has 117 valence electrons. The van der Waals surface area contributed by atoms with Crippen molar-refractivity contribution in [3.8, 4) is 11.5 Å². The van der Waals surface area contributed by atoms with Crippen LogP contribution in [0.1, 0.15) is 0 Å². The van der Waals surface area contributed by atoms with Crippen LogP contribution in [0.2, 0.25) is 0 Å². The van der Waals surface area contributed by atoms with Gasteiger partial charge < -0.3 is 18.8 Å². The average molecular weight is 375 g/mol. The molecular weight excluding hydrogens is 361 g/mol. The van der Waals surface area contributed by atoms with Gasteiger partial charge >= 0.3 is 16.5 Å². The zero-order valence-corrected chi connectivity index (χ0v) is 13.7. The van der Waals surface area contributed by atoms with E-state index in [2.05, 4.69) is 9.05 Å². The summed E-state index contributed by atoms with van der Waals surface area (Å²) in [6, 6.07) is 17.1. The predicted octanol–water partition coefficient (Wildman–Crippen LogP) is 2.89. The van der Waals surface area contributed by atoms with Crippen molar-refractivity contribution in [1.82, 2.24) is 0 Å². The van der Waals surface area contributed by atoms with Gasteiger partial charge in [-0.1, -0.05) is 36.4 Å². The molecule has 2 aromatic carbocycles. The summed E-state index contributed by atoms with van der Waals surface area (Å²) in [6.45, 7) is 0. The smallest absolute Gasteiger partial charge is 0.365 e. The van der Waals surface area contributed by atoms with Crippen molar-refractivity contribution in [3.63, 3.8) is 0 Å². The van der Waals surface area contributed by atoms with Gasteiger partial charge in [0, 0.05) is 16.8 Å². The van der Waals surface area contributed by atoms with E-state index < -0.39 is 16.5 Å². The van der Waals surface area contributed by atoms with Crippen molar-refractivity contribution < 1.29 is 44.7 Å². The van der Waals surface area contributed by atoms with Crippen LogP contribution in [0.25, 0.3) is 0 Å². The summed E-state index contributed by atoms with van der Waals surface area (Å²) in [4.78, 5) is 16.7. The normalized spacial score (nSPS) is 11.9. The molecule has 9 heteroatoms. The van der Waals surface area contributed by atoms with Crippen molar-refractivity contribution in [2.24, 2.45) is 0 Å². The molecule has 2 N–H and O–H groups in total. The molecule has 0 fully saturated rings. The Labute approximate surface area is 133 Å². The first-order valence-corrected chi connectivity index (χ1v) is 8.02. The molecule has 0 saturated heterocycles. The maximum absolute atomic E-state index is 10.1. The Balaban J connectivity index is 0.000000364. The molecule has 0 saturated carbocycles. The maximum atomic E-state index is 10.1. The van der Waals surface area contributed by atoms with Crippen molar-refractivity contribution in [2.45, 2.75) is 0 Å². The monoisotopic (exact) mass is 375 g/mol. The Morgan fingerprint density at radius 3 is 1.19 bits per heavy atom. The van der Waals surface area contributed by atoms with Crippen LogP contribution in [0.4, 0.5) is 0 Å². The standard InChI is InChI=1S/2C6H7O3P.Co/c2*7-10(8)9-6-4-2-1-3-5-6;/h2*1-5,10H,(H,7,8);. The van der Waals surface area contributed by atoms with E-state index in [0.717, 1.165) is 0 Å². The summed E-state index contributed by atoms with van der Waals surface area (Å²) in [5.41, 5.74) is 0. The van der Waals surface area contributed by atoms with E-state index in [1.165, 1.54) is 0 Å². The summed E-state index contributed by atoms with van der Waals surface area (Å²) >= 11 is 0. The van der Waals surface area contributed by atoms with Gasteiger partial charge in [0.1, 0.15) is 11.5 Å². The molecule has 0 aromatic heterocycles. The van der Waals surface area contributed by atoms with Crippen LogP contribution < -0.4 is 9.05 Å². The molecule has 2 unspecified atom stereocenters. The van der Waals surface area contributed by atoms with Crippen LogP contribution in [-0.2, 0) is 25.9 Å². The van der Waals surface area contributed by atoms with Crippen molar-refractivity contribution >= 4 is 16.5 Å². The third-order valence-electron chi connectivity index (χ3n) is 1.90. The van der Waals surface area contributed by atoms with E-state index in [0.29, 0.717) is 11.5 Å². The van der Waals surface area contributed by atoms with Gasteiger partial charge in [0.25, 0.3) is 0 Å². The minimum absolute atomic E-state index is 0. The second-order valence-corrected chi connectivity index (χ2v) is 4.83. The summed E-state index contributed by atoms with van der Waals surface area (Å²) in [5, 5.41) is 0. The Bertz CT molecular complexity index is 501. The molecule has 21 heavy (non-hydrogen) atoms. The van der Waals surface area contributed by atoms with E-state index in [-0.39, 0.29) is 16.8 Å². The van der Waals surface area contributed by atoms with E-state index in [9.17, 15) is 9.13 Å². The van der Waals surface area contributed by atoms with Crippen LogP contribution in [0.3, 0.4) is 0 Å². The molecule has 6 nitrogen and oxygen atoms in total. The zero-order valence-electron chi connectivity index (χ0n) is 10.6. The fourth-order valence-corrected chi connectivity index (χ4v) is 1.85. The summed E-state index contributed by atoms with van der Waals surface area (Å²) in [5.74, 6) is 0.850. The minimum Gasteiger partial charge on any atom is -0.426 e. The van der Waals surface area contributed by atoms with Gasteiger partial charge in [0.2, 0.25) is 0 Å². The quantitative estimate of drug-likeness (QED) is 0.799. The molecule has 0 aliphatic rings. The average Bonchev–Trinajstić information content (AvgIpc) is 2.40. The second kappa shape index (κ2) is 11.6. The van der Waals surface area contributed by atoms with E-state index in [1.54, 1.807) is 60.7 Å². The molecule has 0 spiro atoms. The first kappa shape index (κ1) is 19.9. The molecule has 0 amide bonds. The number of para-hydroxylation sites is 2. The molecule has 1 radical (unpaired) electrons. The van der Waals surface area contributed by atoms with Gasteiger partial charge in [-0.05, 0) is 24.3 Å². The number of rotatable bonds is 4. The Hall–Kier alpha value is -1.07. The summed E-state index contributed by atoms with van der Waals surface area (Å²) in [6.07, 6.45) is 0. The number of hydrogen-bond acceptors (Lipinski definition) is 4. The van der Waals surface area contributed by atoms with Crippen LogP contribution in [0, 0.1) is 0 Å². The molecule has 2 rings (SSSR count). The van der Waals surface area contributed by atoms with E-state index in [4.69, 9.17) is 9.79 Å². The fraction of sp³-hybridized carbons (Fsp3) is 0. The largest absolute Gasteiger partial charge is 0.426 e. The van der Waals surface area contributed by atoms with E-state index >= 15 is 0 Å². The molecule has 0 bridgehead atoms. The first-order valence-electron chi connectivity index (χ1n) is 5.49. The molecule has 2 aromatic rings. The van der Waals surface area contributed by atoms with Crippen molar-refractivity contribution in [1.29, 1.82) is 0 Å². The van der Waals surface area contributed by atoms with Gasteiger partial charge in [-0.3, -0.25) is 0 Å². The minimum atomic E-state index is -2.84. The third-order valence-corrected chi connectivity index (χ3v) is 2.72. The summed E-state index contributed by atoms with van der Waals surface area (Å²) in [7, 11) is -5.67. The Morgan fingerprint density at radius 2 is 0.952 bits per heavy atom. The van der Waals surface area contributed by atoms with Crippen LogP contribution in [-0.4, -0.2) is 9.79 Å².